The van der Waals surface area contributed by atoms with Crippen LogP contribution in [0.4, 0.5) is 20.5 Å². The maximum Gasteiger partial charge on any atom is 0.259 e. The van der Waals surface area contributed by atoms with Gasteiger partial charge in [0.05, 0.1) is 11.1 Å². The highest BCUT2D eigenvalue weighted by Gasteiger charge is 2.45. The molecule has 0 aromatic carbocycles. The fraction of sp³-hybridized carbons (Fsp3) is 0.250. The molecule has 0 spiro atoms. The number of hydrogen-bond acceptors (Lipinski definition) is 6. The molecule has 25 heavy (non-hydrogen) atoms. The summed E-state index contributed by atoms with van der Waals surface area (Å²) in [5.74, 6) is -2.26. The number of halogens is 2. The SMILES string of the molecule is Nc1ncc(-c2cc3cc[nH]c(=O)c3c(NC3CC(F)(F)C3)n2)cn1. The van der Waals surface area contributed by atoms with Gasteiger partial charge in [-0.15, -0.1) is 0 Å². The number of nitrogens with two attached hydrogens (primary N) is 1. The Bertz CT molecular complexity index is 994. The average molecular weight is 344 g/mol. The third-order valence-electron chi connectivity index (χ3n) is 4.15. The molecule has 0 saturated heterocycles. The minimum atomic E-state index is -2.66. The summed E-state index contributed by atoms with van der Waals surface area (Å²) in [6, 6.07) is 3.02. The summed E-state index contributed by atoms with van der Waals surface area (Å²) in [6.07, 6.45) is 4.00. The number of rotatable bonds is 3. The van der Waals surface area contributed by atoms with E-state index in [1.54, 1.807) is 12.1 Å². The predicted molar refractivity (Wildman–Crippen MR) is 89.4 cm³/mol. The van der Waals surface area contributed by atoms with E-state index < -0.39 is 12.0 Å². The van der Waals surface area contributed by atoms with Crippen LogP contribution in [0, 0.1) is 0 Å². The molecule has 7 nitrogen and oxygen atoms in total. The standard InChI is InChI=1S/C16H14F2N6O/c17-16(18)4-10(5-16)23-13-12-8(1-2-20-14(12)25)3-11(24-13)9-6-21-15(19)22-7-9/h1-3,6-7,10H,4-5H2,(H,20,25)(H,23,24)(H2,19,21,22). The summed E-state index contributed by atoms with van der Waals surface area (Å²) in [6.45, 7) is 0. The van der Waals surface area contributed by atoms with Crippen LogP contribution in [0.3, 0.4) is 0 Å². The van der Waals surface area contributed by atoms with Gasteiger partial charge in [0.15, 0.2) is 0 Å². The minimum Gasteiger partial charge on any atom is -0.368 e. The first-order chi connectivity index (χ1) is 11.9. The van der Waals surface area contributed by atoms with Gasteiger partial charge in [-0.05, 0) is 17.5 Å². The Morgan fingerprint density at radius 3 is 2.68 bits per heavy atom. The second-order valence-corrected chi connectivity index (χ2v) is 6.06. The van der Waals surface area contributed by atoms with Gasteiger partial charge in [-0.1, -0.05) is 0 Å². The van der Waals surface area contributed by atoms with Crippen LogP contribution in [0.15, 0.2) is 35.5 Å². The molecule has 0 radical (unpaired) electrons. The number of nitrogen functional groups attached to an aromatic ring is 1. The van der Waals surface area contributed by atoms with Crippen molar-refractivity contribution in [1.82, 2.24) is 19.9 Å². The summed E-state index contributed by atoms with van der Waals surface area (Å²) >= 11 is 0. The molecule has 3 aromatic rings. The van der Waals surface area contributed by atoms with Crippen LogP contribution < -0.4 is 16.6 Å². The van der Waals surface area contributed by atoms with E-state index in [2.05, 4.69) is 25.3 Å². The van der Waals surface area contributed by atoms with E-state index in [1.165, 1.54) is 18.6 Å². The molecular weight excluding hydrogens is 330 g/mol. The summed E-state index contributed by atoms with van der Waals surface area (Å²) in [7, 11) is 0. The Hall–Kier alpha value is -3.10. The van der Waals surface area contributed by atoms with Gasteiger partial charge in [-0.3, -0.25) is 4.79 Å². The monoisotopic (exact) mass is 344 g/mol. The third kappa shape index (κ3) is 2.88. The molecule has 0 unspecified atom stereocenters. The Morgan fingerprint density at radius 1 is 1.28 bits per heavy atom. The van der Waals surface area contributed by atoms with Crippen LogP contribution in [0.1, 0.15) is 12.8 Å². The highest BCUT2D eigenvalue weighted by Crippen LogP contribution is 2.39. The number of H-pyrrole nitrogens is 1. The third-order valence-corrected chi connectivity index (χ3v) is 4.15. The maximum absolute atomic E-state index is 13.1. The van der Waals surface area contributed by atoms with Crippen molar-refractivity contribution >= 4 is 22.5 Å². The molecule has 0 aliphatic heterocycles. The van der Waals surface area contributed by atoms with E-state index in [-0.39, 0.29) is 30.2 Å². The van der Waals surface area contributed by atoms with Crippen LogP contribution in [0.5, 0.6) is 0 Å². The van der Waals surface area contributed by atoms with Crippen LogP contribution in [-0.4, -0.2) is 31.9 Å². The van der Waals surface area contributed by atoms with Gasteiger partial charge in [0.2, 0.25) is 5.95 Å². The highest BCUT2D eigenvalue weighted by atomic mass is 19.3. The molecule has 1 aliphatic carbocycles. The van der Waals surface area contributed by atoms with Crippen molar-refractivity contribution in [3.05, 3.63) is 41.1 Å². The number of alkyl halides is 2. The molecule has 4 rings (SSSR count). The minimum absolute atomic E-state index is 0.135. The molecule has 1 fully saturated rings. The van der Waals surface area contributed by atoms with E-state index >= 15 is 0 Å². The van der Waals surface area contributed by atoms with E-state index in [1.807, 2.05) is 0 Å². The average Bonchev–Trinajstić information content (AvgIpc) is 2.53. The Labute approximate surface area is 140 Å². The van der Waals surface area contributed by atoms with Crippen molar-refractivity contribution in [2.75, 3.05) is 11.1 Å². The Morgan fingerprint density at radius 2 is 2.00 bits per heavy atom. The van der Waals surface area contributed by atoms with Gasteiger partial charge in [0, 0.05) is 43.0 Å². The van der Waals surface area contributed by atoms with Crippen molar-refractivity contribution in [1.29, 1.82) is 0 Å². The topological polar surface area (TPSA) is 110 Å². The number of nitrogens with zero attached hydrogens (tertiary/aromatic N) is 3. The molecule has 3 heterocycles. The van der Waals surface area contributed by atoms with E-state index in [0.29, 0.717) is 22.0 Å². The molecule has 1 saturated carbocycles. The number of anilines is 2. The summed E-state index contributed by atoms with van der Waals surface area (Å²) < 4.78 is 26.2. The summed E-state index contributed by atoms with van der Waals surface area (Å²) in [4.78, 5) is 27.1. The molecule has 9 heteroatoms. The fourth-order valence-electron chi connectivity index (χ4n) is 2.89. The predicted octanol–water partition coefficient (Wildman–Crippen LogP) is 2.17. The van der Waals surface area contributed by atoms with E-state index in [4.69, 9.17) is 5.73 Å². The second-order valence-electron chi connectivity index (χ2n) is 6.06. The number of aromatic amines is 1. The molecule has 128 valence electrons. The van der Waals surface area contributed by atoms with Gasteiger partial charge in [-0.2, -0.15) is 0 Å². The Kier molecular flexibility index (Phi) is 3.38. The second kappa shape index (κ2) is 5.47. The first kappa shape index (κ1) is 15.4. The molecule has 4 N–H and O–H groups in total. The van der Waals surface area contributed by atoms with Crippen molar-refractivity contribution in [2.45, 2.75) is 24.8 Å². The van der Waals surface area contributed by atoms with Gasteiger partial charge in [0.1, 0.15) is 5.82 Å². The normalized spacial score (nSPS) is 16.6. The largest absolute Gasteiger partial charge is 0.368 e. The first-order valence-corrected chi connectivity index (χ1v) is 7.66. The van der Waals surface area contributed by atoms with Crippen LogP contribution in [-0.2, 0) is 0 Å². The van der Waals surface area contributed by atoms with Gasteiger partial charge >= 0.3 is 0 Å². The first-order valence-electron chi connectivity index (χ1n) is 7.66. The Balaban J connectivity index is 1.81. The van der Waals surface area contributed by atoms with E-state index in [9.17, 15) is 13.6 Å². The zero-order valence-electron chi connectivity index (χ0n) is 13.0. The lowest BCUT2D eigenvalue weighted by Crippen LogP contribution is -2.44. The van der Waals surface area contributed by atoms with Gasteiger partial charge in [-0.25, -0.2) is 23.7 Å². The van der Waals surface area contributed by atoms with Crippen LogP contribution >= 0.6 is 0 Å². The quantitative estimate of drug-likeness (QED) is 0.672. The summed E-state index contributed by atoms with van der Waals surface area (Å²) in [5.41, 5.74) is 6.29. The van der Waals surface area contributed by atoms with Crippen molar-refractivity contribution in [2.24, 2.45) is 0 Å². The molecule has 0 bridgehead atoms. The fourth-order valence-corrected chi connectivity index (χ4v) is 2.89. The number of pyridine rings is 2. The van der Waals surface area contributed by atoms with Crippen LogP contribution in [0.2, 0.25) is 0 Å². The molecule has 3 aromatic heterocycles. The van der Waals surface area contributed by atoms with Gasteiger partial charge < -0.3 is 16.0 Å². The van der Waals surface area contributed by atoms with E-state index in [0.717, 1.165) is 0 Å². The number of hydrogen-bond donors (Lipinski definition) is 3. The highest BCUT2D eigenvalue weighted by molar-refractivity contribution is 5.93. The lowest BCUT2D eigenvalue weighted by atomic mass is 9.88. The molecular formula is C16H14F2N6O. The summed E-state index contributed by atoms with van der Waals surface area (Å²) in [5, 5.41) is 3.93. The van der Waals surface area contributed by atoms with Crippen molar-refractivity contribution < 1.29 is 8.78 Å². The lowest BCUT2D eigenvalue weighted by molar-refractivity contribution is -0.0793. The van der Waals surface area contributed by atoms with Crippen LogP contribution in [0.25, 0.3) is 22.0 Å². The lowest BCUT2D eigenvalue weighted by Gasteiger charge is -2.35. The molecule has 0 atom stereocenters. The van der Waals surface area contributed by atoms with Crippen molar-refractivity contribution in [3.8, 4) is 11.3 Å². The van der Waals surface area contributed by atoms with Gasteiger partial charge in [0.25, 0.3) is 11.5 Å². The number of nitrogens with one attached hydrogen (secondary N) is 2. The zero-order valence-corrected chi connectivity index (χ0v) is 13.0. The smallest absolute Gasteiger partial charge is 0.259 e. The zero-order chi connectivity index (χ0) is 17.6. The number of aromatic nitrogens is 4. The molecule has 0 amide bonds. The van der Waals surface area contributed by atoms with Crippen molar-refractivity contribution in [3.63, 3.8) is 0 Å². The molecule has 1 aliphatic rings. The number of fused-ring (bicyclic) bond motifs is 1. The maximum atomic E-state index is 13.1.